The number of sulfonamides is 1. The first-order valence-electron chi connectivity index (χ1n) is 9.51. The van der Waals surface area contributed by atoms with Gasteiger partial charge in [-0.1, -0.05) is 43.2 Å². The topological polar surface area (TPSA) is 66.8 Å². The Bertz CT molecular complexity index is 1040. The van der Waals surface area contributed by atoms with Gasteiger partial charge in [-0.2, -0.15) is 13.2 Å². The number of alkyl halides is 3. The van der Waals surface area contributed by atoms with E-state index in [1.165, 1.54) is 31.4 Å². The summed E-state index contributed by atoms with van der Waals surface area (Å²) in [4.78, 5) is -0.0940. The maximum atomic E-state index is 13.8. The van der Waals surface area contributed by atoms with Crippen molar-refractivity contribution >= 4 is 10.0 Å². The highest BCUT2D eigenvalue weighted by Gasteiger charge is 2.54. The van der Waals surface area contributed by atoms with Gasteiger partial charge >= 0.3 is 6.18 Å². The quantitative estimate of drug-likeness (QED) is 0.502. The van der Waals surface area contributed by atoms with Crippen molar-refractivity contribution in [1.82, 2.24) is 4.31 Å². The number of halogens is 3. The van der Waals surface area contributed by atoms with Gasteiger partial charge in [0.2, 0.25) is 5.60 Å². The molecule has 0 saturated heterocycles. The Hall–Kier alpha value is -2.70. The maximum absolute atomic E-state index is 13.8. The predicted octanol–water partition coefficient (Wildman–Crippen LogP) is 4.21. The van der Waals surface area contributed by atoms with Crippen molar-refractivity contribution in [2.75, 3.05) is 13.7 Å². The van der Waals surface area contributed by atoms with E-state index in [-0.39, 0.29) is 11.4 Å². The lowest BCUT2D eigenvalue weighted by Crippen LogP contribution is -2.41. The first-order valence-corrected chi connectivity index (χ1v) is 11.0. The van der Waals surface area contributed by atoms with E-state index in [4.69, 9.17) is 4.74 Å². The Morgan fingerprint density at radius 3 is 2.13 bits per heavy atom. The molecule has 168 valence electrons. The molecule has 5 nitrogen and oxygen atoms in total. The van der Waals surface area contributed by atoms with Gasteiger partial charge in [0, 0.05) is 18.2 Å². The summed E-state index contributed by atoms with van der Waals surface area (Å²) in [5, 5.41) is 10.5. The molecule has 0 amide bonds. The van der Waals surface area contributed by atoms with Crippen LogP contribution in [-0.4, -0.2) is 37.7 Å². The minimum atomic E-state index is -5.17. The molecule has 0 aliphatic rings. The fourth-order valence-electron chi connectivity index (χ4n) is 2.66. The summed E-state index contributed by atoms with van der Waals surface area (Å²) in [7, 11) is -2.84. The molecule has 1 unspecified atom stereocenters. The van der Waals surface area contributed by atoms with Gasteiger partial charge in [0.15, 0.2) is 0 Å². The number of aryl methyl sites for hydroxylation is 1. The van der Waals surface area contributed by atoms with Gasteiger partial charge in [-0.3, -0.25) is 0 Å². The lowest BCUT2D eigenvalue weighted by Gasteiger charge is -2.26. The molecule has 1 N–H and O–H groups in total. The van der Waals surface area contributed by atoms with Crippen LogP contribution in [0, 0.1) is 18.9 Å². The molecule has 0 fully saturated rings. The van der Waals surface area contributed by atoms with Crippen LogP contribution in [0.1, 0.15) is 30.9 Å². The summed E-state index contributed by atoms with van der Waals surface area (Å²) in [5.74, 6) is 2.07. The van der Waals surface area contributed by atoms with Crippen molar-refractivity contribution in [2.45, 2.75) is 43.4 Å². The Labute approximate surface area is 180 Å². The van der Waals surface area contributed by atoms with Crippen LogP contribution in [0.15, 0.2) is 53.4 Å². The highest BCUT2D eigenvalue weighted by atomic mass is 32.2. The molecule has 0 aliphatic carbocycles. The van der Waals surface area contributed by atoms with Crippen LogP contribution in [0.2, 0.25) is 0 Å². The minimum absolute atomic E-state index is 0.0940. The largest absolute Gasteiger partial charge is 0.497 e. The normalized spacial score (nSPS) is 13.6. The molecule has 2 aromatic carbocycles. The Morgan fingerprint density at radius 2 is 1.65 bits per heavy atom. The zero-order valence-corrected chi connectivity index (χ0v) is 18.2. The van der Waals surface area contributed by atoms with Crippen LogP contribution in [0.25, 0.3) is 0 Å². The number of rotatable bonds is 7. The predicted molar refractivity (Wildman–Crippen MR) is 111 cm³/mol. The SMILES string of the molecule is CCCCN(C#CC(O)(c1ccc(OC)cc1)C(F)(F)F)S(=O)(=O)c1ccc(C)cc1. The molecule has 9 heteroatoms. The average molecular weight is 455 g/mol. The molecule has 0 radical (unpaired) electrons. The Morgan fingerprint density at radius 1 is 1.06 bits per heavy atom. The van der Waals surface area contributed by atoms with Gasteiger partial charge in [-0.25, -0.2) is 12.7 Å². The molecule has 0 heterocycles. The maximum Gasteiger partial charge on any atom is 0.433 e. The van der Waals surface area contributed by atoms with Gasteiger partial charge in [0.1, 0.15) is 5.75 Å². The second-order valence-electron chi connectivity index (χ2n) is 6.92. The third-order valence-corrected chi connectivity index (χ3v) is 6.33. The highest BCUT2D eigenvalue weighted by Crippen LogP contribution is 2.39. The van der Waals surface area contributed by atoms with E-state index >= 15 is 0 Å². The zero-order chi connectivity index (χ0) is 23.3. The van der Waals surface area contributed by atoms with Crippen LogP contribution in [0.3, 0.4) is 0 Å². The summed E-state index contributed by atoms with van der Waals surface area (Å²) in [6, 6.07) is 12.6. The number of hydrogen-bond acceptors (Lipinski definition) is 4. The van der Waals surface area contributed by atoms with Crippen molar-refractivity contribution < 1.29 is 31.4 Å². The van der Waals surface area contributed by atoms with Gasteiger partial charge in [0.25, 0.3) is 10.0 Å². The number of ether oxygens (including phenoxy) is 1. The lowest BCUT2D eigenvalue weighted by atomic mass is 9.94. The van der Waals surface area contributed by atoms with Crippen molar-refractivity contribution in [3.8, 4) is 17.7 Å². The second-order valence-corrected chi connectivity index (χ2v) is 8.78. The molecule has 0 bridgehead atoms. The van der Waals surface area contributed by atoms with Crippen LogP contribution in [0.5, 0.6) is 5.75 Å². The number of benzene rings is 2. The minimum Gasteiger partial charge on any atom is -0.497 e. The van der Waals surface area contributed by atoms with E-state index < -0.39 is 27.4 Å². The van der Waals surface area contributed by atoms with Crippen LogP contribution < -0.4 is 4.74 Å². The molecule has 31 heavy (non-hydrogen) atoms. The molecule has 1 atom stereocenters. The molecule has 0 aliphatic heterocycles. The van der Waals surface area contributed by atoms with Crippen molar-refractivity contribution in [1.29, 1.82) is 0 Å². The average Bonchev–Trinajstić information content (AvgIpc) is 2.73. The summed E-state index contributed by atoms with van der Waals surface area (Å²) in [6.07, 6.45) is -4.19. The van der Waals surface area contributed by atoms with Crippen molar-refractivity contribution in [3.05, 3.63) is 59.7 Å². The number of hydrogen-bond donors (Lipinski definition) is 1. The van der Waals surface area contributed by atoms with Crippen molar-refractivity contribution in [2.24, 2.45) is 0 Å². The van der Waals surface area contributed by atoms with Crippen molar-refractivity contribution in [3.63, 3.8) is 0 Å². The van der Waals surface area contributed by atoms with E-state index in [2.05, 4.69) is 6.04 Å². The summed E-state index contributed by atoms with van der Waals surface area (Å²) in [5.41, 5.74) is -3.28. The van der Waals surface area contributed by atoms with E-state index in [1.807, 2.05) is 6.92 Å². The van der Waals surface area contributed by atoms with Crippen LogP contribution >= 0.6 is 0 Å². The molecular weight excluding hydrogens is 431 g/mol. The highest BCUT2D eigenvalue weighted by molar-refractivity contribution is 7.89. The number of methoxy groups -OCH3 is 1. The Kier molecular flexibility index (Phi) is 7.63. The third kappa shape index (κ3) is 5.51. The number of nitrogens with zero attached hydrogens (tertiary/aromatic N) is 1. The molecule has 0 spiro atoms. The molecular formula is C22H24F3NO4S. The molecule has 0 aromatic heterocycles. The smallest absolute Gasteiger partial charge is 0.433 e. The number of unbranched alkanes of at least 4 members (excludes halogenated alkanes) is 1. The molecule has 2 aromatic rings. The summed E-state index contributed by atoms with van der Waals surface area (Å²) >= 11 is 0. The fourth-order valence-corrected chi connectivity index (χ4v) is 3.93. The van der Waals surface area contributed by atoms with Crippen LogP contribution in [0.4, 0.5) is 13.2 Å². The van der Waals surface area contributed by atoms with E-state index in [0.29, 0.717) is 22.9 Å². The summed E-state index contributed by atoms with van der Waals surface area (Å²) in [6.45, 7) is 3.48. The Balaban J connectivity index is 2.55. The van der Waals surface area contributed by atoms with Gasteiger partial charge in [0.05, 0.1) is 12.0 Å². The second kappa shape index (κ2) is 9.62. The standard InChI is InChI=1S/C22H24F3NO4S/c1-4-5-15-26(31(28,29)20-12-6-17(2)7-13-20)16-14-21(27,22(23,24)25)18-8-10-19(30-3)11-9-18/h6-13,27H,4-5,15H2,1-3H3. The lowest BCUT2D eigenvalue weighted by molar-refractivity contribution is -0.240. The fraction of sp³-hybridized carbons (Fsp3) is 0.364. The van der Waals surface area contributed by atoms with Gasteiger partial charge in [-0.15, -0.1) is 0 Å². The first-order chi connectivity index (χ1) is 14.5. The first kappa shape index (κ1) is 24.6. The zero-order valence-electron chi connectivity index (χ0n) is 17.4. The van der Waals surface area contributed by atoms with E-state index in [1.54, 1.807) is 25.0 Å². The number of aliphatic hydroxyl groups is 1. The third-order valence-electron chi connectivity index (χ3n) is 4.60. The van der Waals surface area contributed by atoms with Gasteiger partial charge in [-0.05, 0) is 43.5 Å². The van der Waals surface area contributed by atoms with E-state index in [0.717, 1.165) is 17.7 Å². The summed E-state index contributed by atoms with van der Waals surface area (Å²) < 4.78 is 72.9. The van der Waals surface area contributed by atoms with Crippen LogP contribution in [-0.2, 0) is 15.6 Å². The van der Waals surface area contributed by atoms with Gasteiger partial charge < -0.3 is 9.84 Å². The molecule has 2 rings (SSSR count). The molecule has 0 saturated carbocycles. The van der Waals surface area contributed by atoms with E-state index in [9.17, 15) is 26.7 Å². The monoisotopic (exact) mass is 455 g/mol.